The third-order valence-electron chi connectivity index (χ3n) is 3.95. The number of hydrogen-bond acceptors (Lipinski definition) is 4. The van der Waals surface area contributed by atoms with Crippen LogP contribution in [0.4, 0.5) is 5.69 Å². The van der Waals surface area contributed by atoms with Crippen LogP contribution in [0.2, 0.25) is 0 Å². The second kappa shape index (κ2) is 6.16. The van der Waals surface area contributed by atoms with Crippen LogP contribution in [0.15, 0.2) is 53.4 Å². The van der Waals surface area contributed by atoms with E-state index in [-0.39, 0.29) is 10.8 Å². The first-order chi connectivity index (χ1) is 11.4. The molecule has 6 nitrogen and oxygen atoms in total. The highest BCUT2D eigenvalue weighted by atomic mass is 32.2. The van der Waals surface area contributed by atoms with Crippen LogP contribution in [0.5, 0.6) is 5.75 Å². The number of carbonyl (C=O) groups is 1. The fourth-order valence-corrected chi connectivity index (χ4v) is 4.36. The number of ether oxygens (including phenoxy) is 1. The number of carboxylic acids is 1. The second-order valence-corrected chi connectivity index (χ2v) is 7.51. The van der Waals surface area contributed by atoms with Crippen LogP contribution in [0.25, 0.3) is 0 Å². The lowest BCUT2D eigenvalue weighted by atomic mass is 10.0. The molecule has 0 radical (unpaired) electrons. The van der Waals surface area contributed by atoms with Gasteiger partial charge < -0.3 is 9.84 Å². The van der Waals surface area contributed by atoms with Crippen molar-refractivity contribution in [2.24, 2.45) is 0 Å². The van der Waals surface area contributed by atoms with E-state index in [4.69, 9.17) is 9.84 Å². The van der Waals surface area contributed by atoms with Crippen molar-refractivity contribution < 1.29 is 23.1 Å². The summed E-state index contributed by atoms with van der Waals surface area (Å²) < 4.78 is 32.3. The Bertz CT molecular complexity index is 861. The molecule has 0 aliphatic carbocycles. The summed E-state index contributed by atoms with van der Waals surface area (Å²) in [5.41, 5.74) is 1.72. The molecule has 0 bridgehead atoms. The van der Waals surface area contributed by atoms with E-state index in [1.165, 1.54) is 28.6 Å². The van der Waals surface area contributed by atoms with E-state index in [1.54, 1.807) is 6.07 Å². The molecule has 2 aromatic rings. The van der Waals surface area contributed by atoms with Gasteiger partial charge in [-0.25, -0.2) is 13.2 Å². The van der Waals surface area contributed by atoms with Gasteiger partial charge >= 0.3 is 5.97 Å². The van der Waals surface area contributed by atoms with Crippen LogP contribution in [-0.4, -0.2) is 32.6 Å². The highest BCUT2D eigenvalue weighted by Crippen LogP contribution is 2.39. The minimum atomic E-state index is -3.67. The zero-order valence-corrected chi connectivity index (χ0v) is 13.9. The average Bonchev–Trinajstić information content (AvgIpc) is 2.91. The molecule has 0 fully saturated rings. The largest absolute Gasteiger partial charge is 0.482 e. The Labute approximate surface area is 140 Å². The standard InChI is InChI=1S/C17H17NO5S/c1-12-10-18(16-5-3-2-4-15(12)16)24(21,22)14-8-6-13(7-9-14)23-11-17(19)20/h2-9,12H,10-11H2,1H3,(H,19,20)/t12-/m1/s1. The molecule has 126 valence electrons. The summed E-state index contributed by atoms with van der Waals surface area (Å²) in [6.07, 6.45) is 0. The lowest BCUT2D eigenvalue weighted by molar-refractivity contribution is -0.139. The lowest BCUT2D eigenvalue weighted by Crippen LogP contribution is -2.29. The number of carboxylic acid groups (broad SMARTS) is 1. The zero-order valence-electron chi connectivity index (χ0n) is 13.0. The first-order valence-corrected chi connectivity index (χ1v) is 8.90. The predicted molar refractivity (Wildman–Crippen MR) is 89.0 cm³/mol. The fourth-order valence-electron chi connectivity index (χ4n) is 2.78. The van der Waals surface area contributed by atoms with E-state index in [0.29, 0.717) is 18.0 Å². The number of nitrogens with zero attached hydrogens (tertiary/aromatic N) is 1. The Morgan fingerprint density at radius 1 is 1.21 bits per heavy atom. The van der Waals surface area contributed by atoms with E-state index in [2.05, 4.69) is 0 Å². The van der Waals surface area contributed by atoms with Gasteiger partial charge in [0.25, 0.3) is 10.0 Å². The van der Waals surface area contributed by atoms with E-state index < -0.39 is 22.6 Å². The number of benzene rings is 2. The van der Waals surface area contributed by atoms with Gasteiger partial charge in [0.15, 0.2) is 6.61 Å². The Kier molecular flexibility index (Phi) is 4.19. The third kappa shape index (κ3) is 2.94. The monoisotopic (exact) mass is 347 g/mol. The molecule has 3 rings (SSSR count). The molecule has 24 heavy (non-hydrogen) atoms. The number of para-hydroxylation sites is 1. The topological polar surface area (TPSA) is 83.9 Å². The molecule has 0 unspecified atom stereocenters. The molecule has 0 spiro atoms. The molecule has 1 N–H and O–H groups in total. The number of hydrogen-bond donors (Lipinski definition) is 1. The summed E-state index contributed by atoms with van der Waals surface area (Å²) >= 11 is 0. The van der Waals surface area contributed by atoms with Gasteiger partial charge in [-0.3, -0.25) is 4.31 Å². The number of rotatable bonds is 5. The zero-order chi connectivity index (χ0) is 17.3. The van der Waals surface area contributed by atoms with Gasteiger partial charge in [0.05, 0.1) is 10.6 Å². The SMILES string of the molecule is C[C@@H]1CN(S(=O)(=O)c2ccc(OCC(=O)O)cc2)c2ccccc21. The Balaban J connectivity index is 1.88. The number of fused-ring (bicyclic) bond motifs is 1. The summed E-state index contributed by atoms with van der Waals surface area (Å²) in [6, 6.07) is 13.3. The normalized spacial score (nSPS) is 16.7. The maximum atomic E-state index is 12.9. The Morgan fingerprint density at radius 3 is 2.54 bits per heavy atom. The van der Waals surface area contributed by atoms with Crippen molar-refractivity contribution in [1.29, 1.82) is 0 Å². The van der Waals surface area contributed by atoms with Gasteiger partial charge in [-0.05, 0) is 35.9 Å². The molecule has 7 heteroatoms. The molecule has 1 atom stereocenters. The first kappa shape index (κ1) is 16.3. The fraction of sp³-hybridized carbons (Fsp3) is 0.235. The molecule has 1 aliphatic rings. The second-order valence-electron chi connectivity index (χ2n) is 5.65. The van der Waals surface area contributed by atoms with Crippen LogP contribution < -0.4 is 9.04 Å². The molecule has 2 aromatic carbocycles. The molecule has 0 saturated carbocycles. The summed E-state index contributed by atoms with van der Waals surface area (Å²) in [7, 11) is -3.67. The van der Waals surface area contributed by atoms with Crippen LogP contribution in [0.1, 0.15) is 18.4 Å². The minimum Gasteiger partial charge on any atom is -0.482 e. The van der Waals surface area contributed by atoms with Crippen molar-refractivity contribution in [3.8, 4) is 5.75 Å². The van der Waals surface area contributed by atoms with Crippen LogP contribution in [-0.2, 0) is 14.8 Å². The predicted octanol–water partition coefficient (Wildman–Crippen LogP) is 2.46. The van der Waals surface area contributed by atoms with E-state index in [1.807, 2.05) is 25.1 Å². The summed E-state index contributed by atoms with van der Waals surface area (Å²) in [6.45, 7) is 1.93. The molecular weight excluding hydrogens is 330 g/mol. The van der Waals surface area contributed by atoms with Crippen molar-refractivity contribution in [1.82, 2.24) is 0 Å². The Morgan fingerprint density at radius 2 is 1.88 bits per heavy atom. The summed E-state index contributed by atoms with van der Waals surface area (Å²) in [5.74, 6) is -0.643. The molecule has 0 amide bonds. The maximum Gasteiger partial charge on any atom is 0.341 e. The van der Waals surface area contributed by atoms with Gasteiger partial charge in [0.2, 0.25) is 0 Å². The molecule has 1 aliphatic heterocycles. The Hall–Kier alpha value is -2.54. The van der Waals surface area contributed by atoms with Gasteiger partial charge in [0.1, 0.15) is 5.75 Å². The van der Waals surface area contributed by atoms with E-state index in [9.17, 15) is 13.2 Å². The smallest absolute Gasteiger partial charge is 0.341 e. The van der Waals surface area contributed by atoms with Gasteiger partial charge in [-0.1, -0.05) is 25.1 Å². The maximum absolute atomic E-state index is 12.9. The van der Waals surface area contributed by atoms with Crippen molar-refractivity contribution >= 4 is 21.7 Å². The molecule has 0 saturated heterocycles. The number of sulfonamides is 1. The van der Waals surface area contributed by atoms with Crippen molar-refractivity contribution in [2.45, 2.75) is 17.7 Å². The van der Waals surface area contributed by atoms with Crippen molar-refractivity contribution in [3.63, 3.8) is 0 Å². The highest BCUT2D eigenvalue weighted by molar-refractivity contribution is 7.92. The average molecular weight is 347 g/mol. The summed E-state index contributed by atoms with van der Waals surface area (Å²) in [5, 5.41) is 8.59. The van der Waals surface area contributed by atoms with Gasteiger partial charge in [0, 0.05) is 12.5 Å². The van der Waals surface area contributed by atoms with Crippen molar-refractivity contribution in [2.75, 3.05) is 17.5 Å². The molecule has 1 heterocycles. The van der Waals surface area contributed by atoms with Crippen LogP contribution in [0.3, 0.4) is 0 Å². The van der Waals surface area contributed by atoms with Gasteiger partial charge in [-0.2, -0.15) is 0 Å². The molecule has 0 aromatic heterocycles. The van der Waals surface area contributed by atoms with Gasteiger partial charge in [-0.15, -0.1) is 0 Å². The quantitative estimate of drug-likeness (QED) is 0.898. The third-order valence-corrected chi connectivity index (χ3v) is 5.74. The lowest BCUT2D eigenvalue weighted by Gasteiger charge is -2.20. The van der Waals surface area contributed by atoms with Crippen LogP contribution in [0, 0.1) is 0 Å². The highest BCUT2D eigenvalue weighted by Gasteiger charge is 2.34. The molecular formula is C17H17NO5S. The first-order valence-electron chi connectivity index (χ1n) is 7.46. The van der Waals surface area contributed by atoms with E-state index in [0.717, 1.165) is 5.56 Å². The number of anilines is 1. The summed E-state index contributed by atoms with van der Waals surface area (Å²) in [4.78, 5) is 10.6. The number of aliphatic carboxylic acids is 1. The van der Waals surface area contributed by atoms with E-state index >= 15 is 0 Å². The van der Waals surface area contributed by atoms with Crippen molar-refractivity contribution in [3.05, 3.63) is 54.1 Å². The van der Waals surface area contributed by atoms with Crippen LogP contribution >= 0.6 is 0 Å². The minimum absolute atomic E-state index is 0.133.